The fourth-order valence-corrected chi connectivity index (χ4v) is 2.17. The number of hydrogen-bond acceptors (Lipinski definition) is 2. The van der Waals surface area contributed by atoms with Gasteiger partial charge in [-0.1, -0.05) is 12.5 Å². The first-order chi connectivity index (χ1) is 8.61. The average Bonchev–Trinajstić information content (AvgIpc) is 2.27. The van der Waals surface area contributed by atoms with Crippen LogP contribution in [0.2, 0.25) is 0 Å². The third kappa shape index (κ3) is 2.66. The van der Waals surface area contributed by atoms with Crippen LogP contribution in [0.3, 0.4) is 0 Å². The van der Waals surface area contributed by atoms with Gasteiger partial charge in [-0.15, -0.1) is 0 Å². The van der Waals surface area contributed by atoms with Crippen molar-refractivity contribution in [2.24, 2.45) is 5.92 Å². The maximum absolute atomic E-state index is 11.8. The standard InChI is InChI=1S/C15H21NO2/c1-10-7-13(14(18-3)8-11(10)2)9-16-15(17)12-5-4-6-12/h7-8,12H,4-6,9H2,1-3H3,(H,16,17). The number of rotatable bonds is 4. The number of nitrogens with one attached hydrogen (secondary N) is 1. The molecule has 0 spiro atoms. The molecular formula is C15H21NO2. The maximum atomic E-state index is 11.8. The molecule has 0 radical (unpaired) electrons. The molecule has 18 heavy (non-hydrogen) atoms. The van der Waals surface area contributed by atoms with Crippen LogP contribution < -0.4 is 10.1 Å². The zero-order valence-corrected chi connectivity index (χ0v) is 11.4. The van der Waals surface area contributed by atoms with E-state index in [1.807, 2.05) is 6.07 Å². The first-order valence-corrected chi connectivity index (χ1v) is 6.53. The van der Waals surface area contributed by atoms with Crippen molar-refractivity contribution in [3.05, 3.63) is 28.8 Å². The number of ether oxygens (including phenoxy) is 1. The summed E-state index contributed by atoms with van der Waals surface area (Å²) in [6, 6.07) is 4.12. The molecule has 1 N–H and O–H groups in total. The van der Waals surface area contributed by atoms with Crippen LogP contribution in [-0.2, 0) is 11.3 Å². The number of benzene rings is 1. The summed E-state index contributed by atoms with van der Waals surface area (Å²) in [6.07, 6.45) is 3.26. The molecule has 0 heterocycles. The fourth-order valence-electron chi connectivity index (χ4n) is 2.17. The van der Waals surface area contributed by atoms with Gasteiger partial charge < -0.3 is 10.1 Å². The minimum Gasteiger partial charge on any atom is -0.496 e. The zero-order valence-electron chi connectivity index (χ0n) is 11.4. The Morgan fingerprint density at radius 1 is 1.33 bits per heavy atom. The second kappa shape index (κ2) is 5.42. The Morgan fingerprint density at radius 3 is 2.56 bits per heavy atom. The molecule has 1 aromatic rings. The van der Waals surface area contributed by atoms with Gasteiger partial charge in [0.05, 0.1) is 7.11 Å². The highest BCUT2D eigenvalue weighted by Crippen LogP contribution is 2.27. The Kier molecular flexibility index (Phi) is 3.90. The molecule has 1 aromatic carbocycles. The summed E-state index contributed by atoms with van der Waals surface area (Å²) in [5.41, 5.74) is 3.48. The van der Waals surface area contributed by atoms with Gasteiger partial charge in [-0.3, -0.25) is 4.79 Å². The van der Waals surface area contributed by atoms with Crippen molar-refractivity contribution >= 4 is 5.91 Å². The molecule has 1 saturated carbocycles. The van der Waals surface area contributed by atoms with E-state index in [0.29, 0.717) is 6.54 Å². The first kappa shape index (κ1) is 12.9. The molecule has 1 aliphatic rings. The van der Waals surface area contributed by atoms with Crippen molar-refractivity contribution < 1.29 is 9.53 Å². The van der Waals surface area contributed by atoms with E-state index in [-0.39, 0.29) is 11.8 Å². The highest BCUT2D eigenvalue weighted by molar-refractivity contribution is 5.79. The van der Waals surface area contributed by atoms with E-state index in [1.54, 1.807) is 7.11 Å². The van der Waals surface area contributed by atoms with Crippen LogP contribution in [0.5, 0.6) is 5.75 Å². The summed E-state index contributed by atoms with van der Waals surface area (Å²) in [7, 11) is 1.67. The van der Waals surface area contributed by atoms with Crippen LogP contribution in [0.1, 0.15) is 36.0 Å². The van der Waals surface area contributed by atoms with E-state index in [9.17, 15) is 4.79 Å². The smallest absolute Gasteiger partial charge is 0.223 e. The van der Waals surface area contributed by atoms with Crippen LogP contribution in [0.25, 0.3) is 0 Å². The highest BCUT2D eigenvalue weighted by atomic mass is 16.5. The molecule has 1 fully saturated rings. The summed E-state index contributed by atoms with van der Waals surface area (Å²) in [6.45, 7) is 4.69. The predicted octanol–water partition coefficient (Wildman–Crippen LogP) is 2.73. The Labute approximate surface area is 109 Å². The molecule has 0 bridgehead atoms. The van der Waals surface area contributed by atoms with E-state index in [4.69, 9.17) is 4.74 Å². The number of carbonyl (C=O) groups is 1. The topological polar surface area (TPSA) is 38.3 Å². The predicted molar refractivity (Wildman–Crippen MR) is 71.7 cm³/mol. The SMILES string of the molecule is COc1cc(C)c(C)cc1CNC(=O)C1CCC1. The average molecular weight is 247 g/mol. The van der Waals surface area contributed by atoms with E-state index >= 15 is 0 Å². The van der Waals surface area contributed by atoms with Crippen LogP contribution in [-0.4, -0.2) is 13.0 Å². The lowest BCUT2D eigenvalue weighted by atomic mass is 9.85. The number of amides is 1. The minimum atomic E-state index is 0.182. The summed E-state index contributed by atoms with van der Waals surface area (Å²) in [5, 5.41) is 3.00. The molecule has 0 aliphatic heterocycles. The lowest BCUT2D eigenvalue weighted by Gasteiger charge is -2.24. The quantitative estimate of drug-likeness (QED) is 0.888. The van der Waals surface area contributed by atoms with Crippen molar-refractivity contribution in [1.82, 2.24) is 5.32 Å². The zero-order chi connectivity index (χ0) is 13.1. The molecule has 0 unspecified atom stereocenters. The molecular weight excluding hydrogens is 226 g/mol. The molecule has 3 heteroatoms. The minimum absolute atomic E-state index is 0.182. The maximum Gasteiger partial charge on any atom is 0.223 e. The van der Waals surface area contributed by atoms with Gasteiger partial charge in [0.15, 0.2) is 0 Å². The van der Waals surface area contributed by atoms with Gasteiger partial charge in [-0.05, 0) is 43.9 Å². The molecule has 3 nitrogen and oxygen atoms in total. The van der Waals surface area contributed by atoms with Gasteiger partial charge in [0.1, 0.15) is 5.75 Å². The fraction of sp³-hybridized carbons (Fsp3) is 0.533. The molecule has 2 rings (SSSR count). The molecule has 1 amide bonds. The van der Waals surface area contributed by atoms with Gasteiger partial charge in [-0.25, -0.2) is 0 Å². The molecule has 1 aliphatic carbocycles. The van der Waals surface area contributed by atoms with Crippen LogP contribution in [0, 0.1) is 19.8 Å². The lowest BCUT2D eigenvalue weighted by Crippen LogP contribution is -2.34. The Balaban J connectivity index is 2.03. The van der Waals surface area contributed by atoms with Crippen LogP contribution in [0.4, 0.5) is 0 Å². The number of hydrogen-bond donors (Lipinski definition) is 1. The van der Waals surface area contributed by atoms with Crippen LogP contribution >= 0.6 is 0 Å². The monoisotopic (exact) mass is 247 g/mol. The van der Waals surface area contributed by atoms with Crippen molar-refractivity contribution in [1.29, 1.82) is 0 Å². The third-order valence-electron chi connectivity index (χ3n) is 3.83. The summed E-state index contributed by atoms with van der Waals surface area (Å²) in [5.74, 6) is 1.27. The van der Waals surface area contributed by atoms with Crippen molar-refractivity contribution in [2.75, 3.05) is 7.11 Å². The van der Waals surface area contributed by atoms with E-state index in [0.717, 1.165) is 24.2 Å². The third-order valence-corrected chi connectivity index (χ3v) is 3.83. The summed E-state index contributed by atoms with van der Waals surface area (Å²) < 4.78 is 5.36. The summed E-state index contributed by atoms with van der Waals surface area (Å²) in [4.78, 5) is 11.8. The summed E-state index contributed by atoms with van der Waals surface area (Å²) >= 11 is 0. The van der Waals surface area contributed by atoms with E-state index in [2.05, 4.69) is 25.2 Å². The molecule has 0 saturated heterocycles. The van der Waals surface area contributed by atoms with E-state index in [1.165, 1.54) is 17.5 Å². The second-order valence-corrected chi connectivity index (χ2v) is 5.09. The van der Waals surface area contributed by atoms with Gasteiger partial charge in [0, 0.05) is 18.0 Å². The highest BCUT2D eigenvalue weighted by Gasteiger charge is 2.24. The van der Waals surface area contributed by atoms with Crippen molar-refractivity contribution in [3.63, 3.8) is 0 Å². The Morgan fingerprint density at radius 2 is 2.00 bits per heavy atom. The number of aryl methyl sites for hydroxylation is 2. The number of carbonyl (C=O) groups excluding carboxylic acids is 1. The normalized spacial score (nSPS) is 15.1. The number of methoxy groups -OCH3 is 1. The van der Waals surface area contributed by atoms with Gasteiger partial charge in [-0.2, -0.15) is 0 Å². The van der Waals surface area contributed by atoms with Crippen molar-refractivity contribution in [3.8, 4) is 5.75 Å². The Bertz CT molecular complexity index is 450. The van der Waals surface area contributed by atoms with E-state index < -0.39 is 0 Å². The molecule has 0 aromatic heterocycles. The van der Waals surface area contributed by atoms with Gasteiger partial charge in [0.2, 0.25) is 5.91 Å². The second-order valence-electron chi connectivity index (χ2n) is 5.09. The van der Waals surface area contributed by atoms with Crippen molar-refractivity contribution in [2.45, 2.75) is 39.7 Å². The lowest BCUT2D eigenvalue weighted by molar-refractivity contribution is -0.127. The Hall–Kier alpha value is -1.51. The van der Waals surface area contributed by atoms with Gasteiger partial charge >= 0.3 is 0 Å². The first-order valence-electron chi connectivity index (χ1n) is 6.53. The van der Waals surface area contributed by atoms with Gasteiger partial charge in [0.25, 0.3) is 0 Å². The molecule has 0 atom stereocenters. The largest absolute Gasteiger partial charge is 0.496 e. The molecule has 98 valence electrons. The van der Waals surface area contributed by atoms with Crippen LogP contribution in [0.15, 0.2) is 12.1 Å².